The van der Waals surface area contributed by atoms with Gasteiger partial charge in [0.1, 0.15) is 5.75 Å². The standard InChI is InChI=1S/C22H16N2O/c1-25-17-11-12-18-16(13-17)14-23-24-20-10-6-5-9-19(20)21(22(18)24)15-7-3-2-4-8-15/h2-14H,1H3. The lowest BCUT2D eigenvalue weighted by atomic mass is 10.0. The number of hydrogen-bond donors (Lipinski definition) is 0. The summed E-state index contributed by atoms with van der Waals surface area (Å²) in [5.41, 5.74) is 4.67. The number of hydrogen-bond acceptors (Lipinski definition) is 2. The van der Waals surface area contributed by atoms with Gasteiger partial charge in [-0.05, 0) is 29.8 Å². The van der Waals surface area contributed by atoms with Crippen molar-refractivity contribution in [2.24, 2.45) is 0 Å². The van der Waals surface area contributed by atoms with E-state index in [1.54, 1.807) is 7.11 Å². The molecule has 0 spiro atoms. The zero-order valence-corrected chi connectivity index (χ0v) is 13.8. The Hall–Kier alpha value is -3.33. The smallest absolute Gasteiger partial charge is 0.119 e. The summed E-state index contributed by atoms with van der Waals surface area (Å²) in [6, 6.07) is 25.1. The van der Waals surface area contributed by atoms with Crippen molar-refractivity contribution < 1.29 is 4.74 Å². The summed E-state index contributed by atoms with van der Waals surface area (Å²) in [5, 5.41) is 8.18. The Morgan fingerprint density at radius 2 is 1.64 bits per heavy atom. The van der Waals surface area contributed by atoms with E-state index in [2.05, 4.69) is 54.6 Å². The van der Waals surface area contributed by atoms with Crippen LogP contribution in [0.3, 0.4) is 0 Å². The molecule has 0 aliphatic heterocycles. The van der Waals surface area contributed by atoms with Crippen LogP contribution in [0.15, 0.2) is 79.0 Å². The molecule has 0 saturated carbocycles. The van der Waals surface area contributed by atoms with E-state index in [1.807, 2.05) is 28.9 Å². The summed E-state index contributed by atoms with van der Waals surface area (Å²) in [6.45, 7) is 0. The van der Waals surface area contributed by atoms with Gasteiger partial charge in [-0.15, -0.1) is 0 Å². The second-order valence-corrected chi connectivity index (χ2v) is 6.12. The third-order valence-electron chi connectivity index (χ3n) is 4.74. The lowest BCUT2D eigenvalue weighted by molar-refractivity contribution is 0.415. The van der Waals surface area contributed by atoms with E-state index in [1.165, 1.54) is 21.9 Å². The third kappa shape index (κ3) is 2.02. The molecule has 0 N–H and O–H groups in total. The number of benzene rings is 3. The molecule has 2 heterocycles. The van der Waals surface area contributed by atoms with Crippen LogP contribution in [-0.4, -0.2) is 16.7 Å². The molecule has 25 heavy (non-hydrogen) atoms. The molecule has 0 atom stereocenters. The number of para-hydroxylation sites is 1. The van der Waals surface area contributed by atoms with Crippen LogP contribution >= 0.6 is 0 Å². The molecule has 0 bridgehead atoms. The van der Waals surface area contributed by atoms with Gasteiger partial charge < -0.3 is 4.74 Å². The van der Waals surface area contributed by atoms with Crippen LogP contribution in [0.5, 0.6) is 5.75 Å². The minimum Gasteiger partial charge on any atom is -0.497 e. The van der Waals surface area contributed by atoms with Crippen molar-refractivity contribution in [1.82, 2.24) is 9.61 Å². The summed E-state index contributed by atoms with van der Waals surface area (Å²) >= 11 is 0. The fourth-order valence-corrected chi connectivity index (χ4v) is 3.60. The van der Waals surface area contributed by atoms with Gasteiger partial charge >= 0.3 is 0 Å². The summed E-state index contributed by atoms with van der Waals surface area (Å²) in [6.07, 6.45) is 1.91. The second kappa shape index (κ2) is 5.35. The van der Waals surface area contributed by atoms with Crippen molar-refractivity contribution in [3.8, 4) is 16.9 Å². The van der Waals surface area contributed by atoms with E-state index < -0.39 is 0 Å². The fraction of sp³-hybridized carbons (Fsp3) is 0.0455. The van der Waals surface area contributed by atoms with Crippen molar-refractivity contribution in [2.75, 3.05) is 7.11 Å². The van der Waals surface area contributed by atoms with Gasteiger partial charge in [0.2, 0.25) is 0 Å². The van der Waals surface area contributed by atoms with Gasteiger partial charge in [-0.2, -0.15) is 5.10 Å². The van der Waals surface area contributed by atoms with Gasteiger partial charge in [0.25, 0.3) is 0 Å². The van der Waals surface area contributed by atoms with Crippen LogP contribution in [0, 0.1) is 0 Å². The van der Waals surface area contributed by atoms with Crippen molar-refractivity contribution in [3.63, 3.8) is 0 Å². The first-order chi connectivity index (χ1) is 12.4. The lowest BCUT2D eigenvalue weighted by Crippen LogP contribution is -1.92. The molecule has 0 aliphatic carbocycles. The highest BCUT2D eigenvalue weighted by molar-refractivity contribution is 6.14. The molecule has 5 aromatic rings. The SMILES string of the molecule is COc1ccc2c(cnn3c4ccccc4c(-c4ccccc4)c23)c1. The largest absolute Gasteiger partial charge is 0.497 e. The Labute approximate surface area is 145 Å². The Balaban J connectivity index is 2.02. The Bertz CT molecular complexity index is 1220. The fourth-order valence-electron chi connectivity index (χ4n) is 3.60. The van der Waals surface area contributed by atoms with Crippen molar-refractivity contribution >= 4 is 27.2 Å². The van der Waals surface area contributed by atoms with Gasteiger partial charge in [-0.25, -0.2) is 4.52 Å². The molecule has 0 unspecified atom stereocenters. The number of methoxy groups -OCH3 is 1. The molecule has 0 saturated heterocycles. The molecule has 3 nitrogen and oxygen atoms in total. The predicted molar refractivity (Wildman–Crippen MR) is 102 cm³/mol. The number of nitrogens with zero attached hydrogens (tertiary/aromatic N) is 2. The van der Waals surface area contributed by atoms with Gasteiger partial charge in [0.15, 0.2) is 0 Å². The van der Waals surface area contributed by atoms with Crippen molar-refractivity contribution in [3.05, 3.63) is 79.0 Å². The van der Waals surface area contributed by atoms with Crippen LogP contribution in [0.2, 0.25) is 0 Å². The molecular weight excluding hydrogens is 308 g/mol. The molecule has 5 rings (SSSR count). The highest BCUT2D eigenvalue weighted by Gasteiger charge is 2.16. The van der Waals surface area contributed by atoms with Crippen LogP contribution in [0.4, 0.5) is 0 Å². The molecule has 0 amide bonds. The van der Waals surface area contributed by atoms with E-state index in [0.29, 0.717) is 0 Å². The Kier molecular flexibility index (Phi) is 3.01. The Morgan fingerprint density at radius 1 is 0.840 bits per heavy atom. The number of fused-ring (bicyclic) bond motifs is 5. The minimum atomic E-state index is 0.844. The number of rotatable bonds is 2. The van der Waals surface area contributed by atoms with E-state index >= 15 is 0 Å². The quantitative estimate of drug-likeness (QED) is 0.439. The Morgan fingerprint density at radius 3 is 2.48 bits per heavy atom. The molecule has 0 fully saturated rings. The maximum absolute atomic E-state index is 5.37. The monoisotopic (exact) mass is 324 g/mol. The van der Waals surface area contributed by atoms with Gasteiger partial charge in [0.05, 0.1) is 24.3 Å². The van der Waals surface area contributed by atoms with Gasteiger partial charge in [-0.1, -0.05) is 48.5 Å². The molecule has 3 aromatic carbocycles. The zero-order valence-electron chi connectivity index (χ0n) is 13.8. The molecule has 3 heteroatoms. The number of ether oxygens (including phenoxy) is 1. The van der Waals surface area contributed by atoms with Crippen molar-refractivity contribution in [1.29, 1.82) is 0 Å². The van der Waals surface area contributed by atoms with E-state index in [4.69, 9.17) is 9.84 Å². The molecule has 0 radical (unpaired) electrons. The summed E-state index contributed by atoms with van der Waals surface area (Å²) in [7, 11) is 1.69. The molecule has 0 aliphatic rings. The average molecular weight is 324 g/mol. The highest BCUT2D eigenvalue weighted by Crippen LogP contribution is 2.38. The van der Waals surface area contributed by atoms with E-state index in [-0.39, 0.29) is 0 Å². The normalized spacial score (nSPS) is 11.4. The summed E-state index contributed by atoms with van der Waals surface area (Å²) in [5.74, 6) is 0.844. The average Bonchev–Trinajstić information content (AvgIpc) is 3.03. The molecular formula is C22H16N2O. The van der Waals surface area contributed by atoms with Crippen LogP contribution in [-0.2, 0) is 0 Å². The maximum atomic E-state index is 5.37. The highest BCUT2D eigenvalue weighted by atomic mass is 16.5. The zero-order chi connectivity index (χ0) is 16.8. The van der Waals surface area contributed by atoms with Crippen molar-refractivity contribution in [2.45, 2.75) is 0 Å². The van der Waals surface area contributed by atoms with E-state index in [9.17, 15) is 0 Å². The first kappa shape index (κ1) is 14.1. The minimum absolute atomic E-state index is 0.844. The molecule has 2 aromatic heterocycles. The first-order valence-corrected chi connectivity index (χ1v) is 8.28. The maximum Gasteiger partial charge on any atom is 0.119 e. The van der Waals surface area contributed by atoms with Crippen LogP contribution in [0.25, 0.3) is 38.3 Å². The number of aromatic nitrogens is 2. The predicted octanol–water partition coefficient (Wildman–Crippen LogP) is 5.32. The molecule has 120 valence electrons. The topological polar surface area (TPSA) is 26.5 Å². The van der Waals surface area contributed by atoms with Gasteiger partial charge in [-0.3, -0.25) is 0 Å². The van der Waals surface area contributed by atoms with E-state index in [0.717, 1.165) is 22.2 Å². The second-order valence-electron chi connectivity index (χ2n) is 6.12. The van der Waals surface area contributed by atoms with Gasteiger partial charge in [0, 0.05) is 21.7 Å². The summed E-state index contributed by atoms with van der Waals surface area (Å²) in [4.78, 5) is 0. The van der Waals surface area contributed by atoms with Crippen LogP contribution < -0.4 is 4.74 Å². The lowest BCUT2D eigenvalue weighted by Gasteiger charge is -2.07. The first-order valence-electron chi connectivity index (χ1n) is 8.28. The van der Waals surface area contributed by atoms with Crippen LogP contribution in [0.1, 0.15) is 0 Å². The third-order valence-corrected chi connectivity index (χ3v) is 4.74. The summed E-state index contributed by atoms with van der Waals surface area (Å²) < 4.78 is 7.42.